The predicted octanol–water partition coefficient (Wildman–Crippen LogP) is 1.04. The number of nitrogens with zero attached hydrogens (tertiary/aromatic N) is 3. The number of ether oxygens (including phenoxy) is 2. The van der Waals surface area contributed by atoms with Crippen molar-refractivity contribution in [3.05, 3.63) is 12.2 Å². The molecular formula is C14H22N4O2. The van der Waals surface area contributed by atoms with E-state index in [1.807, 2.05) is 0 Å². The molecule has 1 spiro atoms. The lowest BCUT2D eigenvalue weighted by Crippen LogP contribution is -2.41. The van der Waals surface area contributed by atoms with Crippen molar-refractivity contribution in [3.8, 4) is 0 Å². The first-order valence-corrected chi connectivity index (χ1v) is 7.68. The average molecular weight is 278 g/mol. The number of aromatic nitrogens is 3. The van der Waals surface area contributed by atoms with Crippen LogP contribution in [0.2, 0.25) is 0 Å². The minimum absolute atomic E-state index is 0.0734. The third-order valence-electron chi connectivity index (χ3n) is 4.65. The predicted molar refractivity (Wildman–Crippen MR) is 72.3 cm³/mol. The monoisotopic (exact) mass is 278 g/mol. The van der Waals surface area contributed by atoms with Gasteiger partial charge in [0.1, 0.15) is 12.2 Å². The molecule has 2 atom stereocenters. The van der Waals surface area contributed by atoms with Crippen LogP contribution in [-0.4, -0.2) is 46.2 Å². The summed E-state index contributed by atoms with van der Waals surface area (Å²) in [4.78, 5) is 4.42. The fraction of sp³-hybridized carbons (Fsp3) is 0.857. The molecule has 1 saturated carbocycles. The maximum absolute atomic E-state index is 6.00. The van der Waals surface area contributed by atoms with Crippen LogP contribution in [0.4, 0.5) is 0 Å². The van der Waals surface area contributed by atoms with Crippen molar-refractivity contribution in [1.29, 1.82) is 0 Å². The molecule has 4 rings (SSSR count). The lowest BCUT2D eigenvalue weighted by molar-refractivity contribution is -0.0966. The van der Waals surface area contributed by atoms with E-state index < -0.39 is 0 Å². The molecule has 20 heavy (non-hydrogen) atoms. The normalized spacial score (nSPS) is 33.9. The fourth-order valence-electron chi connectivity index (χ4n) is 3.30. The summed E-state index contributed by atoms with van der Waals surface area (Å²) in [5.74, 6) is 1.05. The third-order valence-corrected chi connectivity index (χ3v) is 4.65. The molecule has 0 radical (unpaired) electrons. The fourth-order valence-corrected chi connectivity index (χ4v) is 3.30. The zero-order valence-corrected chi connectivity index (χ0v) is 11.8. The number of hydrogen-bond donors (Lipinski definition) is 1. The molecule has 1 N–H and O–H groups in total. The first-order chi connectivity index (χ1) is 9.85. The number of rotatable bonds is 4. The van der Waals surface area contributed by atoms with Gasteiger partial charge in [0.2, 0.25) is 0 Å². The molecule has 0 amide bonds. The third kappa shape index (κ3) is 2.47. The summed E-state index contributed by atoms with van der Waals surface area (Å²) in [6.07, 6.45) is 7.29. The molecule has 1 aromatic heterocycles. The van der Waals surface area contributed by atoms with Crippen molar-refractivity contribution < 1.29 is 9.47 Å². The Morgan fingerprint density at radius 3 is 3.10 bits per heavy atom. The van der Waals surface area contributed by atoms with Gasteiger partial charge < -0.3 is 14.8 Å². The zero-order valence-electron chi connectivity index (χ0n) is 11.8. The maximum Gasteiger partial charge on any atom is 0.141 e. The van der Waals surface area contributed by atoms with Crippen LogP contribution in [0.1, 0.15) is 44.0 Å². The average Bonchev–Trinajstić information content (AvgIpc) is 3.00. The maximum atomic E-state index is 6.00. The summed E-state index contributed by atoms with van der Waals surface area (Å²) in [5, 5.41) is 7.98. The number of hydrogen-bond acceptors (Lipinski definition) is 5. The number of nitrogens with one attached hydrogen (secondary N) is 1. The Bertz CT molecular complexity index is 465. The Kier molecular flexibility index (Phi) is 3.24. The smallest absolute Gasteiger partial charge is 0.141 e. The van der Waals surface area contributed by atoms with Gasteiger partial charge in [-0.15, -0.1) is 0 Å². The van der Waals surface area contributed by atoms with E-state index in [1.165, 1.54) is 12.8 Å². The molecule has 6 nitrogen and oxygen atoms in total. The van der Waals surface area contributed by atoms with Crippen LogP contribution in [-0.2, 0) is 16.0 Å². The second-order valence-corrected chi connectivity index (χ2v) is 6.26. The van der Waals surface area contributed by atoms with Crippen molar-refractivity contribution in [1.82, 2.24) is 20.1 Å². The van der Waals surface area contributed by atoms with Crippen molar-refractivity contribution in [2.45, 2.75) is 56.3 Å². The van der Waals surface area contributed by atoms with Crippen LogP contribution in [0.3, 0.4) is 0 Å². The Labute approximate surface area is 118 Å². The van der Waals surface area contributed by atoms with Gasteiger partial charge in [-0.3, -0.25) is 0 Å². The summed E-state index contributed by atoms with van der Waals surface area (Å²) >= 11 is 0. The molecule has 0 bridgehead atoms. The quantitative estimate of drug-likeness (QED) is 0.891. The van der Waals surface area contributed by atoms with Crippen molar-refractivity contribution >= 4 is 0 Å². The van der Waals surface area contributed by atoms with Gasteiger partial charge >= 0.3 is 0 Å². The minimum Gasteiger partial charge on any atom is -0.378 e. The molecule has 1 aliphatic carbocycles. The van der Waals surface area contributed by atoms with Gasteiger partial charge in [0, 0.05) is 32.1 Å². The van der Waals surface area contributed by atoms with E-state index >= 15 is 0 Å². The second kappa shape index (κ2) is 5.09. The highest BCUT2D eigenvalue weighted by atomic mass is 16.6. The molecule has 2 saturated heterocycles. The Hall–Kier alpha value is -0.980. The van der Waals surface area contributed by atoms with E-state index in [4.69, 9.17) is 9.47 Å². The summed E-state index contributed by atoms with van der Waals surface area (Å²) in [6.45, 7) is 3.17. The molecule has 110 valence electrons. The second-order valence-electron chi connectivity index (χ2n) is 6.26. The van der Waals surface area contributed by atoms with E-state index in [-0.39, 0.29) is 5.60 Å². The molecule has 2 unspecified atom stereocenters. The molecule has 3 aliphatic rings. The highest BCUT2D eigenvalue weighted by molar-refractivity contribution is 4.96. The van der Waals surface area contributed by atoms with Crippen LogP contribution in [0, 0.1) is 0 Å². The van der Waals surface area contributed by atoms with Crippen LogP contribution < -0.4 is 5.32 Å². The lowest BCUT2D eigenvalue weighted by Gasteiger charge is -2.37. The van der Waals surface area contributed by atoms with E-state index in [0.29, 0.717) is 12.1 Å². The minimum atomic E-state index is -0.0734. The lowest BCUT2D eigenvalue weighted by atomic mass is 9.90. The van der Waals surface area contributed by atoms with Gasteiger partial charge in [0.15, 0.2) is 0 Å². The van der Waals surface area contributed by atoms with Crippen LogP contribution >= 0.6 is 0 Å². The first kappa shape index (κ1) is 12.7. The Morgan fingerprint density at radius 1 is 1.35 bits per heavy atom. The van der Waals surface area contributed by atoms with Gasteiger partial charge in [-0.25, -0.2) is 9.67 Å². The first-order valence-electron chi connectivity index (χ1n) is 7.68. The molecule has 2 aliphatic heterocycles. The summed E-state index contributed by atoms with van der Waals surface area (Å²) in [5.41, 5.74) is -0.0734. The largest absolute Gasteiger partial charge is 0.378 e. The van der Waals surface area contributed by atoms with Crippen molar-refractivity contribution in [3.63, 3.8) is 0 Å². The SMILES string of the molecule is c1nc(CNC2CC2)n(C2CCOC3(CCOC3)C2)n1. The van der Waals surface area contributed by atoms with E-state index in [1.54, 1.807) is 6.33 Å². The summed E-state index contributed by atoms with van der Waals surface area (Å²) < 4.78 is 13.6. The molecule has 3 fully saturated rings. The van der Waals surface area contributed by atoms with E-state index in [0.717, 1.165) is 51.5 Å². The van der Waals surface area contributed by atoms with Crippen LogP contribution in [0.5, 0.6) is 0 Å². The molecule has 6 heteroatoms. The van der Waals surface area contributed by atoms with Crippen LogP contribution in [0.25, 0.3) is 0 Å². The van der Waals surface area contributed by atoms with Gasteiger partial charge in [0.05, 0.1) is 24.8 Å². The van der Waals surface area contributed by atoms with Crippen molar-refractivity contribution in [2.24, 2.45) is 0 Å². The Balaban J connectivity index is 1.47. The molecule has 3 heterocycles. The molecule has 0 aromatic carbocycles. The molecule has 1 aromatic rings. The Morgan fingerprint density at radius 2 is 2.30 bits per heavy atom. The van der Waals surface area contributed by atoms with Gasteiger partial charge in [-0.05, 0) is 19.3 Å². The zero-order chi connectivity index (χ0) is 13.4. The highest BCUT2D eigenvalue weighted by Crippen LogP contribution is 2.38. The van der Waals surface area contributed by atoms with Gasteiger partial charge in [-0.2, -0.15) is 5.10 Å². The summed E-state index contributed by atoms with van der Waals surface area (Å²) in [6, 6.07) is 1.09. The van der Waals surface area contributed by atoms with Gasteiger partial charge in [-0.1, -0.05) is 0 Å². The van der Waals surface area contributed by atoms with E-state index in [9.17, 15) is 0 Å². The van der Waals surface area contributed by atoms with Crippen molar-refractivity contribution in [2.75, 3.05) is 19.8 Å². The molecular weight excluding hydrogens is 256 g/mol. The van der Waals surface area contributed by atoms with E-state index in [2.05, 4.69) is 20.1 Å². The summed E-state index contributed by atoms with van der Waals surface area (Å²) in [7, 11) is 0. The van der Waals surface area contributed by atoms with Crippen LogP contribution in [0.15, 0.2) is 6.33 Å². The topological polar surface area (TPSA) is 61.2 Å². The van der Waals surface area contributed by atoms with Gasteiger partial charge in [0.25, 0.3) is 0 Å². The standard InChI is InChI=1S/C14H22N4O2/c1-2-11(1)15-8-13-16-10-17-18(13)12-3-5-20-14(7-12)4-6-19-9-14/h10-12,15H,1-9H2. The highest BCUT2D eigenvalue weighted by Gasteiger charge is 2.42.